The summed E-state index contributed by atoms with van der Waals surface area (Å²) < 4.78 is 5.21. The summed E-state index contributed by atoms with van der Waals surface area (Å²) in [5.41, 5.74) is 2.24. The fourth-order valence-electron chi connectivity index (χ4n) is 1.98. The van der Waals surface area contributed by atoms with Gasteiger partial charge in [-0.25, -0.2) is 14.8 Å². The van der Waals surface area contributed by atoms with Crippen LogP contribution in [0.15, 0.2) is 61.3 Å². The molecule has 1 aromatic carbocycles. The maximum absolute atomic E-state index is 12.0. The largest absolute Gasteiger partial charge is 0.458 e. The number of hydrogen-bond donors (Lipinski definition) is 0. The zero-order valence-corrected chi connectivity index (χ0v) is 11.7. The second-order valence-corrected chi connectivity index (χ2v) is 4.58. The van der Waals surface area contributed by atoms with Crippen LogP contribution in [0.3, 0.4) is 0 Å². The van der Waals surface area contributed by atoms with Crippen molar-refractivity contribution >= 4 is 22.9 Å². The van der Waals surface area contributed by atoms with Crippen molar-refractivity contribution in [1.29, 1.82) is 0 Å². The smallest absolute Gasteiger partial charge is 0.338 e. The molecule has 0 aliphatic carbocycles. The van der Waals surface area contributed by atoms with Crippen molar-refractivity contribution in [2.45, 2.75) is 0 Å². The maximum Gasteiger partial charge on any atom is 0.338 e. The van der Waals surface area contributed by atoms with E-state index < -0.39 is 0 Å². The summed E-state index contributed by atoms with van der Waals surface area (Å²) >= 11 is 0. The number of pyridine rings is 1. The molecular weight excluding hydrogens is 278 g/mol. The Morgan fingerprint density at radius 3 is 3.00 bits per heavy atom. The van der Waals surface area contributed by atoms with Crippen molar-refractivity contribution in [3.05, 3.63) is 72.5 Å². The lowest BCUT2D eigenvalue weighted by Crippen LogP contribution is -2.05. The van der Waals surface area contributed by atoms with E-state index in [0.717, 1.165) is 16.5 Å². The van der Waals surface area contributed by atoms with Crippen molar-refractivity contribution in [3.63, 3.8) is 0 Å². The Kier molecular flexibility index (Phi) is 4.15. The molecule has 3 rings (SSSR count). The standard InChI is InChI=1S/C17H13N3O2/c21-17(22-8-2-4-13-3-1-7-18-10-13)14-5-6-16-15(9-14)11-19-12-20-16/h1-7,9-12H,8H2/b4-2+. The van der Waals surface area contributed by atoms with Gasteiger partial charge in [-0.15, -0.1) is 0 Å². The minimum Gasteiger partial charge on any atom is -0.458 e. The first-order valence-corrected chi connectivity index (χ1v) is 6.76. The number of esters is 1. The van der Waals surface area contributed by atoms with Crippen LogP contribution < -0.4 is 0 Å². The molecule has 0 amide bonds. The predicted molar refractivity (Wildman–Crippen MR) is 83.1 cm³/mol. The topological polar surface area (TPSA) is 65.0 Å². The lowest BCUT2D eigenvalue weighted by Gasteiger charge is -2.03. The second kappa shape index (κ2) is 6.58. The van der Waals surface area contributed by atoms with Gasteiger partial charge >= 0.3 is 5.97 Å². The first kappa shape index (κ1) is 13.9. The van der Waals surface area contributed by atoms with Gasteiger partial charge in [0.2, 0.25) is 0 Å². The van der Waals surface area contributed by atoms with E-state index in [1.165, 1.54) is 6.33 Å². The Bertz CT molecular complexity index is 816. The van der Waals surface area contributed by atoms with E-state index in [1.807, 2.05) is 18.2 Å². The van der Waals surface area contributed by atoms with Crippen molar-refractivity contribution in [1.82, 2.24) is 15.0 Å². The Labute approximate surface area is 127 Å². The van der Waals surface area contributed by atoms with Gasteiger partial charge in [0, 0.05) is 24.0 Å². The molecule has 0 aliphatic heterocycles. The van der Waals surface area contributed by atoms with Gasteiger partial charge in [-0.2, -0.15) is 0 Å². The first-order chi connectivity index (χ1) is 10.8. The summed E-state index contributed by atoms with van der Waals surface area (Å²) in [5, 5.41) is 0.808. The molecule has 2 aromatic heterocycles. The number of fused-ring (bicyclic) bond motifs is 1. The highest BCUT2D eigenvalue weighted by Gasteiger charge is 2.07. The Morgan fingerprint density at radius 1 is 1.18 bits per heavy atom. The van der Waals surface area contributed by atoms with E-state index in [0.29, 0.717) is 5.56 Å². The average molecular weight is 291 g/mol. The van der Waals surface area contributed by atoms with Crippen LogP contribution >= 0.6 is 0 Å². The van der Waals surface area contributed by atoms with Crippen molar-refractivity contribution in [3.8, 4) is 0 Å². The SMILES string of the molecule is O=C(OC/C=C/c1cccnc1)c1ccc2ncncc2c1. The van der Waals surface area contributed by atoms with Crippen molar-refractivity contribution < 1.29 is 9.53 Å². The molecule has 0 aliphatic rings. The summed E-state index contributed by atoms with van der Waals surface area (Å²) in [6.07, 6.45) is 10.2. The highest BCUT2D eigenvalue weighted by Crippen LogP contribution is 2.13. The first-order valence-electron chi connectivity index (χ1n) is 6.76. The predicted octanol–water partition coefficient (Wildman–Crippen LogP) is 2.90. The van der Waals surface area contributed by atoms with E-state index >= 15 is 0 Å². The Morgan fingerprint density at radius 2 is 2.14 bits per heavy atom. The molecule has 0 atom stereocenters. The van der Waals surface area contributed by atoms with Crippen molar-refractivity contribution in [2.75, 3.05) is 6.61 Å². The van der Waals surface area contributed by atoms with E-state index in [-0.39, 0.29) is 12.6 Å². The zero-order chi connectivity index (χ0) is 15.2. The van der Waals surface area contributed by atoms with E-state index in [9.17, 15) is 4.79 Å². The number of rotatable bonds is 4. The maximum atomic E-state index is 12.0. The van der Waals surface area contributed by atoms with Crippen LogP contribution in [0.1, 0.15) is 15.9 Å². The summed E-state index contributed by atoms with van der Waals surface area (Å²) in [4.78, 5) is 24.0. The zero-order valence-electron chi connectivity index (χ0n) is 11.7. The summed E-state index contributed by atoms with van der Waals surface area (Å²) in [5.74, 6) is -0.374. The normalized spacial score (nSPS) is 10.9. The molecule has 5 nitrogen and oxygen atoms in total. The minimum absolute atomic E-state index is 0.205. The molecular formula is C17H13N3O2. The summed E-state index contributed by atoms with van der Waals surface area (Å²) in [6, 6.07) is 8.97. The quantitative estimate of drug-likeness (QED) is 0.691. The van der Waals surface area contributed by atoms with E-state index in [2.05, 4.69) is 15.0 Å². The Balaban J connectivity index is 1.62. The van der Waals surface area contributed by atoms with Gasteiger partial charge in [0.1, 0.15) is 12.9 Å². The molecule has 22 heavy (non-hydrogen) atoms. The Hall–Kier alpha value is -3.08. The number of hydrogen-bond acceptors (Lipinski definition) is 5. The fraction of sp³-hybridized carbons (Fsp3) is 0.0588. The molecule has 0 saturated carbocycles. The number of carbonyl (C=O) groups excluding carboxylic acids is 1. The van der Waals surface area contributed by atoms with E-state index in [4.69, 9.17) is 4.74 Å². The fourth-order valence-corrected chi connectivity index (χ4v) is 1.98. The van der Waals surface area contributed by atoms with Gasteiger partial charge in [-0.3, -0.25) is 4.98 Å². The molecule has 0 saturated heterocycles. The molecule has 0 bridgehead atoms. The lowest BCUT2D eigenvalue weighted by atomic mass is 10.1. The highest BCUT2D eigenvalue weighted by molar-refractivity contribution is 5.94. The number of ether oxygens (including phenoxy) is 1. The van der Waals surface area contributed by atoms with Crippen LogP contribution in [0.25, 0.3) is 17.0 Å². The molecule has 2 heterocycles. The van der Waals surface area contributed by atoms with Gasteiger partial charge in [-0.05, 0) is 35.9 Å². The van der Waals surface area contributed by atoms with Crippen LogP contribution in [0, 0.1) is 0 Å². The van der Waals surface area contributed by atoms with E-state index in [1.54, 1.807) is 42.9 Å². The van der Waals surface area contributed by atoms with Crippen LogP contribution in [0.2, 0.25) is 0 Å². The molecule has 0 spiro atoms. The number of nitrogens with zero attached hydrogens (tertiary/aromatic N) is 3. The number of aromatic nitrogens is 3. The monoisotopic (exact) mass is 291 g/mol. The van der Waals surface area contributed by atoms with Gasteiger partial charge < -0.3 is 4.74 Å². The van der Waals surface area contributed by atoms with Crippen molar-refractivity contribution in [2.24, 2.45) is 0 Å². The second-order valence-electron chi connectivity index (χ2n) is 4.58. The molecule has 0 radical (unpaired) electrons. The van der Waals surface area contributed by atoms with Crippen LogP contribution in [-0.4, -0.2) is 27.5 Å². The number of benzene rings is 1. The van der Waals surface area contributed by atoms with Crippen LogP contribution in [0.4, 0.5) is 0 Å². The third-order valence-corrected chi connectivity index (χ3v) is 3.05. The molecule has 5 heteroatoms. The van der Waals surface area contributed by atoms with Crippen LogP contribution in [0.5, 0.6) is 0 Å². The lowest BCUT2D eigenvalue weighted by molar-refractivity contribution is 0.0550. The molecule has 0 unspecified atom stereocenters. The molecule has 0 N–H and O–H groups in total. The van der Waals surface area contributed by atoms with Gasteiger partial charge in [0.25, 0.3) is 0 Å². The summed E-state index contributed by atoms with van der Waals surface area (Å²) in [7, 11) is 0. The van der Waals surface area contributed by atoms with Gasteiger partial charge in [-0.1, -0.05) is 12.1 Å². The third-order valence-electron chi connectivity index (χ3n) is 3.05. The molecule has 108 valence electrons. The van der Waals surface area contributed by atoms with Crippen LogP contribution in [-0.2, 0) is 4.74 Å². The third kappa shape index (κ3) is 3.32. The summed E-state index contributed by atoms with van der Waals surface area (Å²) in [6.45, 7) is 0.205. The average Bonchev–Trinajstić information content (AvgIpc) is 2.59. The molecule has 0 fully saturated rings. The highest BCUT2D eigenvalue weighted by atomic mass is 16.5. The number of carbonyl (C=O) groups is 1. The minimum atomic E-state index is -0.374. The van der Waals surface area contributed by atoms with Gasteiger partial charge in [0.15, 0.2) is 0 Å². The van der Waals surface area contributed by atoms with Gasteiger partial charge in [0.05, 0.1) is 11.1 Å². The molecule has 3 aromatic rings.